The van der Waals surface area contributed by atoms with E-state index in [9.17, 15) is 0 Å². The lowest BCUT2D eigenvalue weighted by Gasteiger charge is -2.22. The molecule has 0 unspecified atom stereocenters. The van der Waals surface area contributed by atoms with Crippen molar-refractivity contribution in [3.8, 4) is 5.88 Å². The van der Waals surface area contributed by atoms with Gasteiger partial charge >= 0.3 is 0 Å². The molecule has 0 bridgehead atoms. The fraction of sp³-hybridized carbons (Fsp3) is 0.667. The summed E-state index contributed by atoms with van der Waals surface area (Å²) in [7, 11) is 0. The average Bonchev–Trinajstić information content (AvgIpc) is 2.36. The Morgan fingerprint density at radius 3 is 2.71 bits per heavy atom. The predicted octanol–water partition coefficient (Wildman–Crippen LogP) is 2.88. The molecule has 1 aromatic rings. The summed E-state index contributed by atoms with van der Waals surface area (Å²) in [5.41, 5.74) is 0. The fourth-order valence-corrected chi connectivity index (χ4v) is 1.93. The van der Waals surface area contributed by atoms with Gasteiger partial charge in [0, 0.05) is 24.5 Å². The minimum atomic E-state index is 0.660. The fourth-order valence-electron chi connectivity index (χ4n) is 1.50. The maximum absolute atomic E-state index is 5.51. The van der Waals surface area contributed by atoms with Gasteiger partial charge in [0.15, 0.2) is 0 Å². The van der Waals surface area contributed by atoms with Crippen LogP contribution in [0.25, 0.3) is 0 Å². The number of aromatic nitrogens is 2. The van der Waals surface area contributed by atoms with Crippen LogP contribution in [-0.4, -0.2) is 35.0 Å². The number of ether oxygens (including phenoxy) is 1. The Kier molecular flexibility index (Phi) is 6.93. The normalized spacial score (nSPS) is 10.3. The highest BCUT2D eigenvalue weighted by atomic mass is 79.9. The van der Waals surface area contributed by atoms with Crippen molar-refractivity contribution in [2.24, 2.45) is 0 Å². The molecule has 96 valence electrons. The highest BCUT2D eigenvalue weighted by Gasteiger charge is 2.07. The molecule has 5 heteroatoms. The lowest BCUT2D eigenvalue weighted by molar-refractivity contribution is 0.304. The summed E-state index contributed by atoms with van der Waals surface area (Å²) < 4.78 is 5.51. The molecule has 1 rings (SSSR count). The van der Waals surface area contributed by atoms with Gasteiger partial charge in [-0.2, -0.15) is 0 Å². The van der Waals surface area contributed by atoms with Gasteiger partial charge < -0.3 is 9.64 Å². The molecule has 0 amide bonds. The van der Waals surface area contributed by atoms with Crippen LogP contribution in [-0.2, 0) is 0 Å². The Hall–Kier alpha value is -0.840. The van der Waals surface area contributed by atoms with Gasteiger partial charge in [0.1, 0.15) is 12.1 Å². The molecule has 0 fully saturated rings. The van der Waals surface area contributed by atoms with Crippen molar-refractivity contribution >= 4 is 21.7 Å². The molecule has 4 nitrogen and oxygen atoms in total. The molecular weight excluding hydrogens is 282 g/mol. The Bertz CT molecular complexity index is 316. The third kappa shape index (κ3) is 4.89. The van der Waals surface area contributed by atoms with Crippen LogP contribution >= 0.6 is 15.9 Å². The van der Waals surface area contributed by atoms with Crippen LogP contribution in [0.2, 0.25) is 0 Å². The number of hydrogen-bond acceptors (Lipinski definition) is 4. The van der Waals surface area contributed by atoms with E-state index >= 15 is 0 Å². The Labute approximate surface area is 112 Å². The maximum Gasteiger partial charge on any atom is 0.218 e. The van der Waals surface area contributed by atoms with Crippen molar-refractivity contribution in [3.05, 3.63) is 12.4 Å². The van der Waals surface area contributed by atoms with Crippen molar-refractivity contribution in [3.63, 3.8) is 0 Å². The lowest BCUT2D eigenvalue weighted by Crippen LogP contribution is -2.27. The molecule has 0 radical (unpaired) electrons. The second kappa shape index (κ2) is 8.28. The minimum absolute atomic E-state index is 0.660. The number of rotatable bonds is 8. The van der Waals surface area contributed by atoms with Crippen LogP contribution in [0.3, 0.4) is 0 Å². The third-order valence-corrected chi connectivity index (χ3v) is 2.61. The summed E-state index contributed by atoms with van der Waals surface area (Å²) in [6.45, 7) is 6.88. The molecular formula is C12H20BrN3O. The summed E-state index contributed by atoms with van der Waals surface area (Å²) in [6.07, 6.45) is 3.65. The van der Waals surface area contributed by atoms with Crippen LogP contribution in [0.1, 0.15) is 26.7 Å². The number of hydrogen-bond donors (Lipinski definition) is 0. The summed E-state index contributed by atoms with van der Waals surface area (Å²) in [5.74, 6) is 1.60. The van der Waals surface area contributed by atoms with Crippen LogP contribution in [0.15, 0.2) is 12.4 Å². The monoisotopic (exact) mass is 301 g/mol. The molecule has 0 aliphatic rings. The molecule has 0 aliphatic heterocycles. The summed E-state index contributed by atoms with van der Waals surface area (Å²) >= 11 is 3.46. The smallest absolute Gasteiger partial charge is 0.218 e. The van der Waals surface area contributed by atoms with Crippen LogP contribution in [0.5, 0.6) is 5.88 Å². The summed E-state index contributed by atoms with van der Waals surface area (Å²) in [4.78, 5) is 10.6. The number of halogens is 1. The van der Waals surface area contributed by atoms with Crippen molar-refractivity contribution in [2.45, 2.75) is 26.7 Å². The second-order valence-corrected chi connectivity index (χ2v) is 4.53. The van der Waals surface area contributed by atoms with Crippen molar-refractivity contribution in [2.75, 3.05) is 29.9 Å². The van der Waals surface area contributed by atoms with Crippen molar-refractivity contribution in [1.29, 1.82) is 0 Å². The van der Waals surface area contributed by atoms with Crippen molar-refractivity contribution in [1.82, 2.24) is 9.97 Å². The minimum Gasteiger partial charge on any atom is -0.478 e. The highest BCUT2D eigenvalue weighted by Crippen LogP contribution is 2.16. The summed E-state index contributed by atoms with van der Waals surface area (Å²) in [5, 5.41) is 0.933. The van der Waals surface area contributed by atoms with E-state index in [0.717, 1.165) is 37.1 Å². The quantitative estimate of drug-likeness (QED) is 0.692. The highest BCUT2D eigenvalue weighted by molar-refractivity contribution is 9.09. The van der Waals surface area contributed by atoms with E-state index in [2.05, 4.69) is 44.6 Å². The van der Waals surface area contributed by atoms with Crippen molar-refractivity contribution < 1.29 is 4.74 Å². The first kappa shape index (κ1) is 14.2. The third-order valence-electron chi connectivity index (χ3n) is 2.25. The molecule has 0 aliphatic carbocycles. The SMILES string of the molecule is CCCOc1cc(N(CCC)CCBr)ncn1. The number of anilines is 1. The first-order chi connectivity index (χ1) is 8.31. The van der Waals surface area contributed by atoms with Crippen LogP contribution < -0.4 is 9.64 Å². The first-order valence-electron chi connectivity index (χ1n) is 6.07. The summed E-state index contributed by atoms with van der Waals surface area (Å²) in [6, 6.07) is 1.91. The molecule has 0 saturated heterocycles. The molecule has 0 spiro atoms. The van der Waals surface area contributed by atoms with E-state index in [1.165, 1.54) is 0 Å². The van der Waals surface area contributed by atoms with Gasteiger partial charge in [0.05, 0.1) is 6.61 Å². The second-order valence-electron chi connectivity index (χ2n) is 3.74. The zero-order chi connectivity index (χ0) is 12.5. The van der Waals surface area contributed by atoms with Crippen LogP contribution in [0.4, 0.5) is 5.82 Å². The van der Waals surface area contributed by atoms with Gasteiger partial charge in [-0.1, -0.05) is 29.8 Å². The molecule has 1 aromatic heterocycles. The predicted molar refractivity (Wildman–Crippen MR) is 74.1 cm³/mol. The molecule has 1 heterocycles. The Morgan fingerprint density at radius 1 is 1.24 bits per heavy atom. The average molecular weight is 302 g/mol. The zero-order valence-corrected chi connectivity index (χ0v) is 12.1. The maximum atomic E-state index is 5.51. The van der Waals surface area contributed by atoms with E-state index < -0.39 is 0 Å². The first-order valence-corrected chi connectivity index (χ1v) is 7.19. The van der Waals surface area contributed by atoms with E-state index in [-0.39, 0.29) is 0 Å². The standard InChI is InChI=1S/C12H20BrN3O/c1-3-6-16(7-5-13)11-9-12(15-10-14-11)17-8-4-2/h9-10H,3-8H2,1-2H3. The van der Waals surface area contributed by atoms with Gasteiger partial charge in [-0.25, -0.2) is 9.97 Å². The van der Waals surface area contributed by atoms with Crippen LogP contribution in [0, 0.1) is 0 Å². The largest absolute Gasteiger partial charge is 0.478 e. The Balaban J connectivity index is 2.72. The van der Waals surface area contributed by atoms with Gasteiger partial charge in [-0.05, 0) is 12.8 Å². The number of nitrogens with zero attached hydrogens (tertiary/aromatic N) is 3. The molecule has 0 N–H and O–H groups in total. The molecule has 0 aromatic carbocycles. The number of alkyl halides is 1. The topological polar surface area (TPSA) is 38.2 Å². The van der Waals surface area contributed by atoms with Gasteiger partial charge in [0.25, 0.3) is 0 Å². The van der Waals surface area contributed by atoms with Gasteiger partial charge in [-0.3, -0.25) is 0 Å². The molecule has 0 atom stereocenters. The van der Waals surface area contributed by atoms with E-state index in [1.54, 1.807) is 6.33 Å². The zero-order valence-electron chi connectivity index (χ0n) is 10.5. The molecule has 17 heavy (non-hydrogen) atoms. The van der Waals surface area contributed by atoms with E-state index in [1.807, 2.05) is 6.07 Å². The van der Waals surface area contributed by atoms with Gasteiger partial charge in [0.2, 0.25) is 5.88 Å². The molecule has 0 saturated carbocycles. The lowest BCUT2D eigenvalue weighted by atomic mass is 10.4. The van der Waals surface area contributed by atoms with Gasteiger partial charge in [-0.15, -0.1) is 0 Å². The van der Waals surface area contributed by atoms with E-state index in [4.69, 9.17) is 4.74 Å². The Morgan fingerprint density at radius 2 is 2.06 bits per heavy atom. The van der Waals surface area contributed by atoms with E-state index in [0.29, 0.717) is 12.5 Å².